The number of guanidine groups is 1. The normalized spacial score (nSPS) is 21.1. The minimum absolute atomic E-state index is 0. The summed E-state index contributed by atoms with van der Waals surface area (Å²) in [6, 6.07) is 11.1. The van der Waals surface area contributed by atoms with Gasteiger partial charge in [-0.2, -0.15) is 0 Å². The smallest absolute Gasteiger partial charge is 0.305 e. The van der Waals surface area contributed by atoms with E-state index in [1.54, 1.807) is 0 Å². The molecule has 0 saturated carbocycles. The van der Waals surface area contributed by atoms with Gasteiger partial charge in [-0.15, -0.1) is 24.0 Å². The highest BCUT2D eigenvalue weighted by molar-refractivity contribution is 14.0. The molecule has 2 saturated heterocycles. The summed E-state index contributed by atoms with van der Waals surface area (Å²) in [5.74, 6) is 0.876. The standard InChI is InChI=1S/C24H38N4O3.HI/c1-3-25-24(26-14-10-5-4-9-13-23(29)30-2)28-18-21-22(19-28)31-16-15-27(21)17-20-11-7-6-8-12-20;/h6-8,11-12,21-22H,3-5,9-10,13-19H2,1-2H3,(H,25,26);1H. The van der Waals surface area contributed by atoms with Crippen LogP contribution in [0.4, 0.5) is 0 Å². The summed E-state index contributed by atoms with van der Waals surface area (Å²) in [6.45, 7) is 8.36. The van der Waals surface area contributed by atoms with Gasteiger partial charge in [0.25, 0.3) is 0 Å². The summed E-state index contributed by atoms with van der Waals surface area (Å²) in [7, 11) is 1.44. The van der Waals surface area contributed by atoms with Crippen molar-refractivity contribution < 1.29 is 14.3 Å². The first kappa shape index (κ1) is 26.9. The van der Waals surface area contributed by atoms with Crippen LogP contribution in [0.2, 0.25) is 0 Å². The van der Waals surface area contributed by atoms with Crippen molar-refractivity contribution in [2.75, 3.05) is 46.4 Å². The maximum Gasteiger partial charge on any atom is 0.305 e. The van der Waals surface area contributed by atoms with E-state index in [0.717, 1.165) is 77.5 Å². The van der Waals surface area contributed by atoms with Gasteiger partial charge in [0.05, 0.1) is 25.9 Å². The van der Waals surface area contributed by atoms with Gasteiger partial charge < -0.3 is 19.7 Å². The molecule has 2 heterocycles. The summed E-state index contributed by atoms with van der Waals surface area (Å²) in [5.41, 5.74) is 1.36. The van der Waals surface area contributed by atoms with Gasteiger partial charge in [-0.3, -0.25) is 14.7 Å². The van der Waals surface area contributed by atoms with E-state index in [2.05, 4.69) is 57.1 Å². The van der Waals surface area contributed by atoms with E-state index < -0.39 is 0 Å². The Labute approximate surface area is 209 Å². The SMILES string of the molecule is CCNC(=NCCCCCCC(=O)OC)N1CC2OCCN(Cc3ccccc3)C2C1.I. The number of esters is 1. The number of hydrogen-bond acceptors (Lipinski definition) is 5. The number of nitrogens with zero attached hydrogens (tertiary/aromatic N) is 3. The van der Waals surface area contributed by atoms with Crippen LogP contribution in [0.1, 0.15) is 44.6 Å². The maximum atomic E-state index is 11.2. The van der Waals surface area contributed by atoms with E-state index in [0.29, 0.717) is 12.5 Å². The molecule has 0 aromatic heterocycles. The second-order valence-electron chi connectivity index (χ2n) is 8.31. The minimum Gasteiger partial charge on any atom is -0.469 e. The number of carbonyl (C=O) groups excluding carboxylic acids is 1. The third kappa shape index (κ3) is 8.19. The molecule has 2 fully saturated rings. The number of aliphatic imine (C=N–C) groups is 1. The van der Waals surface area contributed by atoms with Crippen LogP contribution in [0.3, 0.4) is 0 Å². The molecule has 0 amide bonds. The molecule has 32 heavy (non-hydrogen) atoms. The zero-order valence-corrected chi connectivity index (χ0v) is 21.8. The number of nitrogens with one attached hydrogen (secondary N) is 1. The number of unbranched alkanes of at least 4 members (excludes halogenated alkanes) is 3. The predicted molar refractivity (Wildman–Crippen MR) is 138 cm³/mol. The topological polar surface area (TPSA) is 66.4 Å². The van der Waals surface area contributed by atoms with Gasteiger partial charge in [-0.05, 0) is 25.3 Å². The van der Waals surface area contributed by atoms with Gasteiger partial charge in [0, 0.05) is 45.7 Å². The minimum atomic E-state index is -0.119. The second-order valence-corrected chi connectivity index (χ2v) is 8.31. The Kier molecular flexibility index (Phi) is 12.3. The van der Waals surface area contributed by atoms with E-state index in [4.69, 9.17) is 9.73 Å². The Balaban J connectivity index is 0.00000363. The van der Waals surface area contributed by atoms with E-state index in [1.807, 2.05) is 0 Å². The number of halogens is 1. The average molecular weight is 559 g/mol. The molecule has 0 spiro atoms. The number of likely N-dealkylation sites (tertiary alicyclic amines) is 1. The first-order chi connectivity index (χ1) is 15.2. The molecule has 180 valence electrons. The number of methoxy groups -OCH3 is 1. The summed E-state index contributed by atoms with van der Waals surface area (Å²) < 4.78 is 10.8. The van der Waals surface area contributed by atoms with Crippen molar-refractivity contribution in [3.05, 3.63) is 35.9 Å². The van der Waals surface area contributed by atoms with Crippen molar-refractivity contribution in [3.8, 4) is 0 Å². The molecule has 3 rings (SSSR count). The Hall–Kier alpha value is -1.39. The molecule has 2 unspecified atom stereocenters. The fourth-order valence-corrected chi connectivity index (χ4v) is 4.39. The fourth-order valence-electron chi connectivity index (χ4n) is 4.39. The van der Waals surface area contributed by atoms with Crippen LogP contribution in [0, 0.1) is 0 Å². The Morgan fingerprint density at radius 1 is 1.19 bits per heavy atom. The molecule has 1 N–H and O–H groups in total. The highest BCUT2D eigenvalue weighted by atomic mass is 127. The zero-order valence-electron chi connectivity index (χ0n) is 19.5. The number of carbonyl (C=O) groups is 1. The Bertz CT molecular complexity index is 704. The molecular weight excluding hydrogens is 519 g/mol. The van der Waals surface area contributed by atoms with Gasteiger partial charge in [-0.25, -0.2) is 0 Å². The zero-order chi connectivity index (χ0) is 21.9. The lowest BCUT2D eigenvalue weighted by Crippen LogP contribution is -2.50. The molecule has 8 heteroatoms. The van der Waals surface area contributed by atoms with Crippen molar-refractivity contribution >= 4 is 35.9 Å². The van der Waals surface area contributed by atoms with Crippen LogP contribution >= 0.6 is 24.0 Å². The van der Waals surface area contributed by atoms with Crippen molar-refractivity contribution in [2.45, 2.75) is 57.7 Å². The van der Waals surface area contributed by atoms with Gasteiger partial charge in [-0.1, -0.05) is 43.2 Å². The van der Waals surface area contributed by atoms with E-state index >= 15 is 0 Å². The molecule has 1 aromatic carbocycles. The van der Waals surface area contributed by atoms with E-state index in [-0.39, 0.29) is 36.0 Å². The first-order valence-corrected chi connectivity index (χ1v) is 11.7. The van der Waals surface area contributed by atoms with Crippen molar-refractivity contribution in [2.24, 2.45) is 4.99 Å². The summed E-state index contributed by atoms with van der Waals surface area (Å²) in [6.07, 6.45) is 4.79. The largest absolute Gasteiger partial charge is 0.469 e. The summed E-state index contributed by atoms with van der Waals surface area (Å²) >= 11 is 0. The summed E-state index contributed by atoms with van der Waals surface area (Å²) in [4.78, 5) is 21.0. The molecule has 2 aliphatic rings. The predicted octanol–water partition coefficient (Wildman–Crippen LogP) is 3.28. The molecule has 2 aliphatic heterocycles. The van der Waals surface area contributed by atoms with Gasteiger partial charge in [0.2, 0.25) is 0 Å². The molecule has 7 nitrogen and oxygen atoms in total. The Morgan fingerprint density at radius 3 is 2.72 bits per heavy atom. The molecular formula is C24H39IN4O3. The van der Waals surface area contributed by atoms with Crippen LogP contribution in [0.15, 0.2) is 35.3 Å². The third-order valence-corrected chi connectivity index (χ3v) is 6.06. The third-order valence-electron chi connectivity index (χ3n) is 6.06. The first-order valence-electron chi connectivity index (χ1n) is 11.7. The van der Waals surface area contributed by atoms with Gasteiger partial charge in [0.1, 0.15) is 0 Å². The second kappa shape index (κ2) is 14.7. The molecule has 0 aliphatic carbocycles. The van der Waals surface area contributed by atoms with Crippen LogP contribution in [0.5, 0.6) is 0 Å². The number of benzene rings is 1. The fraction of sp³-hybridized carbons (Fsp3) is 0.667. The van der Waals surface area contributed by atoms with Crippen LogP contribution < -0.4 is 5.32 Å². The highest BCUT2D eigenvalue weighted by Crippen LogP contribution is 2.24. The monoisotopic (exact) mass is 558 g/mol. The summed E-state index contributed by atoms with van der Waals surface area (Å²) in [5, 5.41) is 3.46. The van der Waals surface area contributed by atoms with E-state index in [1.165, 1.54) is 12.7 Å². The molecule has 2 atom stereocenters. The number of ether oxygens (including phenoxy) is 2. The van der Waals surface area contributed by atoms with E-state index in [9.17, 15) is 4.79 Å². The van der Waals surface area contributed by atoms with Gasteiger partial charge in [0.15, 0.2) is 5.96 Å². The number of rotatable bonds is 10. The maximum absolute atomic E-state index is 11.2. The number of morpholine rings is 1. The quantitative estimate of drug-likeness (QED) is 0.156. The number of fused-ring (bicyclic) bond motifs is 1. The van der Waals surface area contributed by atoms with Crippen LogP contribution in [-0.4, -0.2) is 80.3 Å². The Morgan fingerprint density at radius 2 is 1.97 bits per heavy atom. The average Bonchev–Trinajstić information content (AvgIpc) is 3.23. The van der Waals surface area contributed by atoms with Crippen molar-refractivity contribution in [1.29, 1.82) is 0 Å². The highest BCUT2D eigenvalue weighted by Gasteiger charge is 2.41. The lowest BCUT2D eigenvalue weighted by molar-refractivity contribution is -0.140. The lowest BCUT2D eigenvalue weighted by Gasteiger charge is -2.36. The molecule has 0 bridgehead atoms. The van der Waals surface area contributed by atoms with Crippen LogP contribution in [-0.2, 0) is 20.8 Å². The lowest BCUT2D eigenvalue weighted by atomic mass is 10.1. The van der Waals surface area contributed by atoms with Gasteiger partial charge >= 0.3 is 5.97 Å². The van der Waals surface area contributed by atoms with Crippen molar-refractivity contribution in [3.63, 3.8) is 0 Å². The number of hydrogen-bond donors (Lipinski definition) is 1. The van der Waals surface area contributed by atoms with Crippen molar-refractivity contribution in [1.82, 2.24) is 15.1 Å². The molecule has 0 radical (unpaired) electrons. The molecule has 1 aromatic rings. The van der Waals surface area contributed by atoms with Crippen LogP contribution in [0.25, 0.3) is 0 Å².